The number of hydrogen-bond acceptors (Lipinski definition) is 3. The molecule has 4 nitrogen and oxygen atoms in total. The van der Waals surface area contributed by atoms with E-state index in [1.807, 2.05) is 4.90 Å². The van der Waals surface area contributed by atoms with E-state index in [-0.39, 0.29) is 11.9 Å². The lowest BCUT2D eigenvalue weighted by molar-refractivity contribution is -0.142. The quantitative estimate of drug-likeness (QED) is 0.802. The summed E-state index contributed by atoms with van der Waals surface area (Å²) in [6.07, 6.45) is 2.39. The molecule has 1 saturated heterocycles. The summed E-state index contributed by atoms with van der Waals surface area (Å²) in [7, 11) is 0. The van der Waals surface area contributed by atoms with E-state index in [9.17, 15) is 9.18 Å². The first-order valence-corrected chi connectivity index (χ1v) is 6.52. The van der Waals surface area contributed by atoms with Crippen LogP contribution in [0.1, 0.15) is 19.3 Å². The normalized spacial score (nSPS) is 19.5. The number of aliphatic carboxylic acids is 1. The average molecular weight is 267 g/mol. The maximum absolute atomic E-state index is 12.9. The summed E-state index contributed by atoms with van der Waals surface area (Å²) in [5.41, 5.74) is 0. The van der Waals surface area contributed by atoms with Gasteiger partial charge in [0.15, 0.2) is 0 Å². The molecule has 1 atom stereocenters. The Bertz CT molecular complexity index is 438. The number of carbonyl (C=O) groups is 1. The van der Waals surface area contributed by atoms with Crippen molar-refractivity contribution in [1.82, 2.24) is 4.90 Å². The minimum absolute atomic E-state index is 0.317. The average Bonchev–Trinajstić information content (AvgIpc) is 2.83. The van der Waals surface area contributed by atoms with Crippen LogP contribution in [0.3, 0.4) is 0 Å². The van der Waals surface area contributed by atoms with Crippen molar-refractivity contribution in [2.45, 2.75) is 25.3 Å². The van der Waals surface area contributed by atoms with E-state index in [0.29, 0.717) is 18.9 Å². The number of ether oxygens (including phenoxy) is 1. The van der Waals surface area contributed by atoms with Crippen LogP contribution in [0.25, 0.3) is 0 Å². The van der Waals surface area contributed by atoms with Crippen LogP contribution in [-0.2, 0) is 4.79 Å². The summed E-state index contributed by atoms with van der Waals surface area (Å²) in [6, 6.07) is 5.67. The van der Waals surface area contributed by atoms with Crippen molar-refractivity contribution in [3.05, 3.63) is 30.1 Å². The summed E-state index contributed by atoms with van der Waals surface area (Å²) in [6.45, 7) is 2.00. The van der Waals surface area contributed by atoms with Crippen LogP contribution < -0.4 is 4.74 Å². The number of nitrogens with zero attached hydrogens (tertiary/aromatic N) is 1. The van der Waals surface area contributed by atoms with Crippen LogP contribution in [0.15, 0.2) is 24.3 Å². The smallest absolute Gasteiger partial charge is 0.320 e. The molecule has 5 heteroatoms. The van der Waals surface area contributed by atoms with Crippen LogP contribution >= 0.6 is 0 Å². The number of hydrogen-bond donors (Lipinski definition) is 1. The van der Waals surface area contributed by atoms with Gasteiger partial charge in [-0.1, -0.05) is 6.07 Å². The molecule has 1 aromatic carbocycles. The van der Waals surface area contributed by atoms with Gasteiger partial charge in [0.2, 0.25) is 0 Å². The highest BCUT2D eigenvalue weighted by Gasteiger charge is 2.29. The minimum Gasteiger partial charge on any atom is -0.493 e. The maximum atomic E-state index is 12.9. The molecule has 0 aromatic heterocycles. The van der Waals surface area contributed by atoms with Gasteiger partial charge in [-0.25, -0.2) is 4.39 Å². The van der Waals surface area contributed by atoms with E-state index < -0.39 is 5.97 Å². The van der Waals surface area contributed by atoms with Gasteiger partial charge in [-0.05, 0) is 37.9 Å². The first kappa shape index (κ1) is 13.8. The number of halogens is 1. The largest absolute Gasteiger partial charge is 0.493 e. The van der Waals surface area contributed by atoms with E-state index in [0.717, 1.165) is 25.8 Å². The molecule has 1 aliphatic rings. The Kier molecular flexibility index (Phi) is 4.74. The van der Waals surface area contributed by atoms with E-state index in [2.05, 4.69) is 0 Å². The maximum Gasteiger partial charge on any atom is 0.320 e. The predicted molar refractivity (Wildman–Crippen MR) is 68.7 cm³/mol. The first-order valence-electron chi connectivity index (χ1n) is 6.52. The fourth-order valence-electron chi connectivity index (χ4n) is 2.39. The molecule has 0 saturated carbocycles. The fraction of sp³-hybridized carbons (Fsp3) is 0.500. The summed E-state index contributed by atoms with van der Waals surface area (Å²) >= 11 is 0. The van der Waals surface area contributed by atoms with Crippen LogP contribution in [0.2, 0.25) is 0 Å². The molecule has 1 N–H and O–H groups in total. The molecule has 0 bridgehead atoms. The third-order valence-corrected chi connectivity index (χ3v) is 3.30. The number of rotatable bonds is 6. The molecular weight excluding hydrogens is 249 g/mol. The van der Waals surface area contributed by atoms with Gasteiger partial charge in [-0.15, -0.1) is 0 Å². The Labute approximate surface area is 111 Å². The van der Waals surface area contributed by atoms with Crippen molar-refractivity contribution < 1.29 is 19.0 Å². The van der Waals surface area contributed by atoms with Crippen molar-refractivity contribution in [1.29, 1.82) is 0 Å². The summed E-state index contributed by atoms with van der Waals surface area (Å²) in [5.74, 6) is -0.553. The number of benzene rings is 1. The lowest BCUT2D eigenvalue weighted by Gasteiger charge is -2.20. The zero-order valence-corrected chi connectivity index (χ0v) is 10.7. The molecule has 1 fully saturated rings. The van der Waals surface area contributed by atoms with Gasteiger partial charge in [-0.2, -0.15) is 0 Å². The van der Waals surface area contributed by atoms with Gasteiger partial charge in [0.25, 0.3) is 0 Å². The minimum atomic E-state index is -0.747. The fourth-order valence-corrected chi connectivity index (χ4v) is 2.39. The molecule has 0 aliphatic carbocycles. The van der Waals surface area contributed by atoms with Crippen molar-refractivity contribution in [2.75, 3.05) is 19.7 Å². The monoisotopic (exact) mass is 267 g/mol. The number of carboxylic acid groups (broad SMARTS) is 1. The van der Waals surface area contributed by atoms with Gasteiger partial charge in [0.05, 0.1) is 6.61 Å². The molecule has 104 valence electrons. The van der Waals surface area contributed by atoms with Gasteiger partial charge in [0.1, 0.15) is 17.6 Å². The Balaban J connectivity index is 1.71. The standard InChI is InChI=1S/C14H18FNO3/c15-11-4-1-5-12(10-11)19-9-3-8-16-7-2-6-13(16)14(17)18/h1,4-5,10,13H,2-3,6-9H2,(H,17,18). The summed E-state index contributed by atoms with van der Waals surface area (Å²) in [4.78, 5) is 13.0. The molecule has 0 spiro atoms. The molecule has 1 aliphatic heterocycles. The zero-order chi connectivity index (χ0) is 13.7. The molecule has 2 rings (SSSR count). The highest BCUT2D eigenvalue weighted by atomic mass is 19.1. The van der Waals surface area contributed by atoms with E-state index in [1.165, 1.54) is 12.1 Å². The Morgan fingerprint density at radius 2 is 2.37 bits per heavy atom. The second kappa shape index (κ2) is 6.52. The first-order chi connectivity index (χ1) is 9.16. The topological polar surface area (TPSA) is 49.8 Å². The van der Waals surface area contributed by atoms with Gasteiger partial charge in [0, 0.05) is 12.6 Å². The molecule has 0 radical (unpaired) electrons. The Morgan fingerprint density at radius 1 is 1.53 bits per heavy atom. The van der Waals surface area contributed by atoms with Crippen LogP contribution in [0.5, 0.6) is 5.75 Å². The second-order valence-corrected chi connectivity index (χ2v) is 4.69. The van der Waals surface area contributed by atoms with Crippen molar-refractivity contribution in [2.24, 2.45) is 0 Å². The highest BCUT2D eigenvalue weighted by Crippen LogP contribution is 2.18. The third-order valence-electron chi connectivity index (χ3n) is 3.30. The van der Waals surface area contributed by atoms with Crippen molar-refractivity contribution in [3.63, 3.8) is 0 Å². The molecule has 1 heterocycles. The highest BCUT2D eigenvalue weighted by molar-refractivity contribution is 5.73. The van der Waals surface area contributed by atoms with Crippen molar-refractivity contribution in [3.8, 4) is 5.75 Å². The van der Waals surface area contributed by atoms with E-state index in [4.69, 9.17) is 9.84 Å². The SMILES string of the molecule is O=C(O)C1CCCN1CCCOc1cccc(F)c1. The van der Waals surface area contributed by atoms with Crippen LogP contribution in [-0.4, -0.2) is 41.7 Å². The van der Waals surface area contributed by atoms with Crippen LogP contribution in [0.4, 0.5) is 4.39 Å². The Morgan fingerprint density at radius 3 is 3.11 bits per heavy atom. The molecule has 1 unspecified atom stereocenters. The number of likely N-dealkylation sites (tertiary alicyclic amines) is 1. The predicted octanol–water partition coefficient (Wildman–Crippen LogP) is 2.14. The lowest BCUT2D eigenvalue weighted by atomic mass is 10.2. The van der Waals surface area contributed by atoms with Crippen molar-refractivity contribution >= 4 is 5.97 Å². The van der Waals surface area contributed by atoms with Gasteiger partial charge >= 0.3 is 5.97 Å². The van der Waals surface area contributed by atoms with Crippen LogP contribution in [0, 0.1) is 5.82 Å². The molecule has 1 aromatic rings. The van der Waals surface area contributed by atoms with E-state index >= 15 is 0 Å². The van der Waals surface area contributed by atoms with Gasteiger partial charge in [-0.3, -0.25) is 9.69 Å². The zero-order valence-electron chi connectivity index (χ0n) is 10.7. The summed E-state index contributed by atoms with van der Waals surface area (Å²) < 4.78 is 18.3. The summed E-state index contributed by atoms with van der Waals surface area (Å²) in [5, 5.41) is 9.03. The molecular formula is C14H18FNO3. The van der Waals surface area contributed by atoms with E-state index in [1.54, 1.807) is 12.1 Å². The Hall–Kier alpha value is -1.62. The second-order valence-electron chi connectivity index (χ2n) is 4.69. The third kappa shape index (κ3) is 3.92. The molecule has 0 amide bonds. The lowest BCUT2D eigenvalue weighted by Crippen LogP contribution is -2.36. The number of carboxylic acids is 1. The molecule has 19 heavy (non-hydrogen) atoms. The van der Waals surface area contributed by atoms with Gasteiger partial charge < -0.3 is 9.84 Å².